The average Bonchev–Trinajstić information content (AvgIpc) is 2.93. The highest BCUT2D eigenvalue weighted by Crippen LogP contribution is 2.39. The number of piperidine rings is 2. The predicted molar refractivity (Wildman–Crippen MR) is 164 cm³/mol. The molecule has 2 aliphatic heterocycles. The molecule has 3 heterocycles. The first kappa shape index (κ1) is 27.4. The third-order valence-electron chi connectivity index (χ3n) is 8.98. The summed E-state index contributed by atoms with van der Waals surface area (Å²) in [5.41, 5.74) is 1.41. The van der Waals surface area contributed by atoms with Gasteiger partial charge in [0, 0.05) is 48.7 Å². The number of thiocarbonyl (C=S) groups is 1. The molecule has 0 amide bonds. The van der Waals surface area contributed by atoms with Gasteiger partial charge in [0.05, 0.1) is 0 Å². The van der Waals surface area contributed by atoms with Crippen LogP contribution in [0.15, 0.2) is 30.3 Å². The van der Waals surface area contributed by atoms with Crippen LogP contribution in [-0.4, -0.2) is 47.3 Å². The maximum atomic E-state index is 6.20. The molecular formula is C30H43ClN6S. The van der Waals surface area contributed by atoms with Crippen LogP contribution in [-0.2, 0) is 5.41 Å². The van der Waals surface area contributed by atoms with Crippen LogP contribution in [0.4, 0.5) is 17.6 Å². The van der Waals surface area contributed by atoms with Gasteiger partial charge in [0.2, 0.25) is 5.95 Å². The number of rotatable bonds is 6. The van der Waals surface area contributed by atoms with Gasteiger partial charge in [-0.05, 0) is 87.7 Å². The molecule has 38 heavy (non-hydrogen) atoms. The minimum Gasteiger partial charge on any atom is -0.361 e. The molecule has 2 aromatic rings. The maximum Gasteiger partial charge on any atom is 0.232 e. The van der Waals surface area contributed by atoms with E-state index in [0.29, 0.717) is 17.1 Å². The highest BCUT2D eigenvalue weighted by molar-refractivity contribution is 7.80. The highest BCUT2D eigenvalue weighted by atomic mass is 35.5. The lowest BCUT2D eigenvalue weighted by molar-refractivity contribution is 0.292. The molecule has 2 saturated heterocycles. The van der Waals surface area contributed by atoms with Crippen LogP contribution >= 0.6 is 23.8 Å². The summed E-state index contributed by atoms with van der Waals surface area (Å²) in [6, 6.07) is 11.1. The van der Waals surface area contributed by atoms with Gasteiger partial charge in [-0.2, -0.15) is 9.97 Å². The molecule has 8 heteroatoms. The topological polar surface area (TPSA) is 56.3 Å². The first-order chi connectivity index (χ1) is 18.4. The van der Waals surface area contributed by atoms with Crippen molar-refractivity contribution in [1.82, 2.24) is 15.3 Å². The standard InChI is InChI=1S/C30H43ClN6S/c1-22-13-18-36(19-14-22)26-20-27(37-17-7-4-8-23(37)2)34-28(33-26)35-29(38)32-21-30(15-5-3-6-16-30)24-9-11-25(31)12-10-24/h9-12,20,22-23H,3-8,13-19,21H2,1-2H3,(H2,32,33,34,35,38). The zero-order chi connectivity index (χ0) is 26.5. The number of hydrogen-bond acceptors (Lipinski definition) is 5. The van der Waals surface area contributed by atoms with Crippen LogP contribution in [0, 0.1) is 5.92 Å². The Hall–Kier alpha value is -2.12. The molecule has 1 aliphatic carbocycles. The van der Waals surface area contributed by atoms with Crippen molar-refractivity contribution in [3.05, 3.63) is 40.9 Å². The lowest BCUT2D eigenvalue weighted by Gasteiger charge is -2.38. The Bertz CT molecular complexity index is 1080. The van der Waals surface area contributed by atoms with Crippen molar-refractivity contribution < 1.29 is 0 Å². The fourth-order valence-corrected chi connectivity index (χ4v) is 6.75. The summed E-state index contributed by atoms with van der Waals surface area (Å²) in [4.78, 5) is 14.8. The largest absolute Gasteiger partial charge is 0.361 e. The number of hydrogen-bond donors (Lipinski definition) is 2. The second-order valence-corrected chi connectivity index (χ2v) is 12.6. The Labute approximate surface area is 238 Å². The van der Waals surface area contributed by atoms with Crippen LogP contribution in [0.2, 0.25) is 5.02 Å². The Morgan fingerprint density at radius 3 is 2.37 bits per heavy atom. The van der Waals surface area contributed by atoms with E-state index in [9.17, 15) is 0 Å². The molecule has 0 spiro atoms. The first-order valence-corrected chi connectivity index (χ1v) is 15.4. The van der Waals surface area contributed by atoms with Gasteiger partial charge < -0.3 is 20.4 Å². The number of anilines is 3. The van der Waals surface area contributed by atoms with Gasteiger partial charge in [-0.1, -0.05) is 49.9 Å². The van der Waals surface area contributed by atoms with Crippen molar-refractivity contribution in [2.75, 3.05) is 41.3 Å². The zero-order valence-electron chi connectivity index (χ0n) is 23.0. The van der Waals surface area contributed by atoms with Gasteiger partial charge in [-0.15, -0.1) is 0 Å². The fraction of sp³-hybridized carbons (Fsp3) is 0.633. The molecule has 1 unspecified atom stereocenters. The molecule has 1 aromatic carbocycles. The van der Waals surface area contributed by atoms with E-state index in [1.165, 1.54) is 56.9 Å². The number of nitrogens with zero attached hydrogens (tertiary/aromatic N) is 4. The van der Waals surface area contributed by atoms with Crippen molar-refractivity contribution in [3.63, 3.8) is 0 Å². The summed E-state index contributed by atoms with van der Waals surface area (Å²) < 4.78 is 0. The Kier molecular flexibility index (Phi) is 8.94. The smallest absolute Gasteiger partial charge is 0.232 e. The van der Waals surface area contributed by atoms with Gasteiger partial charge in [-0.25, -0.2) is 0 Å². The van der Waals surface area contributed by atoms with Crippen molar-refractivity contribution in [2.24, 2.45) is 5.92 Å². The molecule has 5 rings (SSSR count). The molecule has 6 nitrogen and oxygen atoms in total. The molecule has 0 radical (unpaired) electrons. The van der Waals surface area contributed by atoms with Gasteiger partial charge in [-0.3, -0.25) is 0 Å². The molecule has 2 N–H and O–H groups in total. The van der Waals surface area contributed by atoms with Crippen molar-refractivity contribution in [1.29, 1.82) is 0 Å². The van der Waals surface area contributed by atoms with Crippen molar-refractivity contribution >= 4 is 46.5 Å². The van der Waals surface area contributed by atoms with Crippen molar-refractivity contribution in [2.45, 2.75) is 89.5 Å². The van der Waals surface area contributed by atoms with E-state index in [0.717, 1.165) is 61.6 Å². The lowest BCUT2D eigenvalue weighted by Crippen LogP contribution is -2.44. The summed E-state index contributed by atoms with van der Waals surface area (Å²) in [6.45, 7) is 8.57. The molecule has 3 fully saturated rings. The molecule has 1 aromatic heterocycles. The first-order valence-electron chi connectivity index (χ1n) is 14.6. The molecular weight excluding hydrogens is 512 g/mol. The summed E-state index contributed by atoms with van der Waals surface area (Å²) in [7, 11) is 0. The Morgan fingerprint density at radius 1 is 0.947 bits per heavy atom. The van der Waals surface area contributed by atoms with Crippen molar-refractivity contribution in [3.8, 4) is 0 Å². The van der Waals surface area contributed by atoms with Gasteiger partial charge in [0.25, 0.3) is 0 Å². The molecule has 3 aliphatic rings. The highest BCUT2D eigenvalue weighted by Gasteiger charge is 2.34. The van der Waals surface area contributed by atoms with Gasteiger partial charge >= 0.3 is 0 Å². The van der Waals surface area contributed by atoms with E-state index in [1.54, 1.807) is 0 Å². The van der Waals surface area contributed by atoms with Gasteiger partial charge in [0.15, 0.2) is 5.11 Å². The lowest BCUT2D eigenvalue weighted by atomic mass is 9.69. The normalized spacial score (nSPS) is 22.2. The van der Waals surface area contributed by atoms with Crippen LogP contribution in [0.5, 0.6) is 0 Å². The van der Waals surface area contributed by atoms with Crippen LogP contribution < -0.4 is 20.4 Å². The Morgan fingerprint density at radius 2 is 1.66 bits per heavy atom. The van der Waals surface area contributed by atoms with E-state index in [-0.39, 0.29) is 5.41 Å². The monoisotopic (exact) mass is 554 g/mol. The summed E-state index contributed by atoms with van der Waals surface area (Å²) in [5.74, 6) is 3.39. The molecule has 1 saturated carbocycles. The quantitative estimate of drug-likeness (QED) is 0.375. The van der Waals surface area contributed by atoms with E-state index in [1.807, 2.05) is 12.1 Å². The number of benzene rings is 1. The third kappa shape index (κ3) is 6.53. The number of aromatic nitrogens is 2. The summed E-state index contributed by atoms with van der Waals surface area (Å²) in [5, 5.41) is 8.28. The van der Waals surface area contributed by atoms with Crippen LogP contribution in [0.3, 0.4) is 0 Å². The van der Waals surface area contributed by atoms with E-state index in [4.69, 9.17) is 33.8 Å². The van der Waals surface area contributed by atoms with E-state index in [2.05, 4.69) is 52.5 Å². The number of halogens is 1. The van der Waals surface area contributed by atoms with E-state index < -0.39 is 0 Å². The number of nitrogens with one attached hydrogen (secondary N) is 2. The van der Waals surface area contributed by atoms with Crippen LogP contribution in [0.25, 0.3) is 0 Å². The molecule has 1 atom stereocenters. The minimum absolute atomic E-state index is 0.0656. The second kappa shape index (κ2) is 12.4. The SMILES string of the molecule is CC1CCN(c2cc(N3CCCCC3C)nc(NC(=S)NCC3(c4ccc(Cl)cc4)CCCCC3)n2)CC1. The third-order valence-corrected chi connectivity index (χ3v) is 9.48. The van der Waals surface area contributed by atoms with E-state index >= 15 is 0 Å². The fourth-order valence-electron chi connectivity index (χ4n) is 6.46. The summed E-state index contributed by atoms with van der Waals surface area (Å²) in [6.07, 6.45) is 12.2. The second-order valence-electron chi connectivity index (χ2n) is 11.8. The predicted octanol–water partition coefficient (Wildman–Crippen LogP) is 6.93. The Balaban J connectivity index is 1.33. The minimum atomic E-state index is 0.0656. The molecule has 0 bridgehead atoms. The van der Waals surface area contributed by atoms with Gasteiger partial charge in [0.1, 0.15) is 11.6 Å². The molecule has 206 valence electrons. The average molecular weight is 555 g/mol. The zero-order valence-corrected chi connectivity index (χ0v) is 24.6. The maximum absolute atomic E-state index is 6.20. The van der Waals surface area contributed by atoms with Crippen LogP contribution in [0.1, 0.15) is 83.6 Å². The summed E-state index contributed by atoms with van der Waals surface area (Å²) >= 11 is 12.0.